The van der Waals surface area contributed by atoms with Crippen molar-refractivity contribution in [2.24, 2.45) is 5.92 Å². The van der Waals surface area contributed by atoms with Gasteiger partial charge >= 0.3 is 12.1 Å². The normalized spacial score (nSPS) is 23.9. The molecule has 7 heteroatoms. The van der Waals surface area contributed by atoms with Gasteiger partial charge in [-0.2, -0.15) is 13.2 Å². The zero-order valence-corrected chi connectivity index (χ0v) is 10.5. The van der Waals surface area contributed by atoms with Crippen molar-refractivity contribution in [3.05, 3.63) is 0 Å². The van der Waals surface area contributed by atoms with Crippen molar-refractivity contribution in [1.29, 1.82) is 0 Å². The van der Waals surface area contributed by atoms with Gasteiger partial charge in [0.15, 0.2) is 0 Å². The van der Waals surface area contributed by atoms with Gasteiger partial charge in [0.1, 0.15) is 0 Å². The van der Waals surface area contributed by atoms with Crippen LogP contribution in [0, 0.1) is 5.92 Å². The lowest BCUT2D eigenvalue weighted by Gasteiger charge is -2.31. The third-order valence-corrected chi connectivity index (χ3v) is 3.30. The second-order valence-corrected chi connectivity index (χ2v) is 4.92. The van der Waals surface area contributed by atoms with Gasteiger partial charge in [-0.25, -0.2) is 0 Å². The molecule has 1 aliphatic rings. The number of hydrogen-bond donors (Lipinski definition) is 2. The highest BCUT2D eigenvalue weighted by Gasteiger charge is 2.42. The summed E-state index contributed by atoms with van der Waals surface area (Å²) in [5.41, 5.74) is 0. The summed E-state index contributed by atoms with van der Waals surface area (Å²) in [5.74, 6) is -2.69. The number of aliphatic carboxylic acids is 1. The van der Waals surface area contributed by atoms with Crippen LogP contribution in [-0.4, -0.2) is 29.2 Å². The number of carboxylic acid groups (broad SMARTS) is 1. The molecule has 0 heterocycles. The molecule has 0 aromatic rings. The van der Waals surface area contributed by atoms with Crippen LogP contribution in [0.2, 0.25) is 0 Å². The summed E-state index contributed by atoms with van der Waals surface area (Å²) in [7, 11) is 0. The van der Waals surface area contributed by atoms with E-state index in [0.717, 1.165) is 0 Å². The molecule has 4 nitrogen and oxygen atoms in total. The third-order valence-electron chi connectivity index (χ3n) is 3.30. The zero-order chi connectivity index (χ0) is 14.5. The maximum atomic E-state index is 12.6. The molecule has 1 fully saturated rings. The van der Waals surface area contributed by atoms with Crippen LogP contribution < -0.4 is 5.32 Å². The van der Waals surface area contributed by atoms with E-state index in [0.29, 0.717) is 12.8 Å². The van der Waals surface area contributed by atoms with Crippen molar-refractivity contribution < 1.29 is 27.9 Å². The minimum atomic E-state index is -4.20. The van der Waals surface area contributed by atoms with Gasteiger partial charge in [0, 0.05) is 18.9 Å². The summed E-state index contributed by atoms with van der Waals surface area (Å²) in [5, 5.41) is 11.0. The molecule has 0 bridgehead atoms. The average molecular weight is 281 g/mol. The molecule has 0 aliphatic heterocycles. The molecule has 110 valence electrons. The summed E-state index contributed by atoms with van der Waals surface area (Å²) in [6, 6.07) is -0.447. The van der Waals surface area contributed by atoms with Crippen LogP contribution in [0.5, 0.6) is 0 Å². The SMILES string of the molecule is O=C(O)CCCC(=O)NC1CCCC(C(F)(F)F)C1. The summed E-state index contributed by atoms with van der Waals surface area (Å²) in [4.78, 5) is 21.7. The molecule has 0 spiro atoms. The molecule has 0 aromatic carbocycles. The fourth-order valence-electron chi connectivity index (χ4n) is 2.32. The van der Waals surface area contributed by atoms with Gasteiger partial charge in [-0.1, -0.05) is 6.42 Å². The maximum absolute atomic E-state index is 12.6. The van der Waals surface area contributed by atoms with Gasteiger partial charge in [-0.05, 0) is 25.7 Å². The van der Waals surface area contributed by atoms with E-state index in [1.807, 2.05) is 0 Å². The van der Waals surface area contributed by atoms with Crippen molar-refractivity contribution in [2.75, 3.05) is 0 Å². The molecule has 0 radical (unpaired) electrons. The lowest BCUT2D eigenvalue weighted by Crippen LogP contribution is -2.41. The lowest BCUT2D eigenvalue weighted by molar-refractivity contribution is -0.184. The van der Waals surface area contributed by atoms with E-state index in [2.05, 4.69) is 5.32 Å². The first-order valence-electron chi connectivity index (χ1n) is 6.37. The molecular formula is C12H18F3NO3. The Balaban J connectivity index is 2.32. The molecule has 1 saturated carbocycles. The number of carbonyl (C=O) groups excluding carboxylic acids is 1. The Kier molecular flexibility index (Phi) is 5.62. The Morgan fingerprint density at radius 2 is 1.89 bits per heavy atom. The van der Waals surface area contributed by atoms with Gasteiger partial charge in [0.25, 0.3) is 0 Å². The summed E-state index contributed by atoms with van der Waals surface area (Å²) in [6.07, 6.45) is -3.02. The van der Waals surface area contributed by atoms with Crippen LogP contribution in [0.25, 0.3) is 0 Å². The molecular weight excluding hydrogens is 263 g/mol. The third kappa shape index (κ3) is 5.94. The van der Waals surface area contributed by atoms with E-state index in [1.165, 1.54) is 0 Å². The minimum absolute atomic E-state index is 0.0412. The second-order valence-electron chi connectivity index (χ2n) is 4.92. The summed E-state index contributed by atoms with van der Waals surface area (Å²) >= 11 is 0. The Morgan fingerprint density at radius 3 is 2.47 bits per heavy atom. The van der Waals surface area contributed by atoms with Crippen molar-refractivity contribution in [3.8, 4) is 0 Å². The van der Waals surface area contributed by atoms with Gasteiger partial charge in [-0.3, -0.25) is 9.59 Å². The number of carboxylic acids is 1. The number of halogens is 3. The fourth-order valence-corrected chi connectivity index (χ4v) is 2.32. The standard InChI is InChI=1S/C12H18F3NO3/c13-12(14,15)8-3-1-4-9(7-8)16-10(17)5-2-6-11(18)19/h8-9H,1-7H2,(H,16,17)(H,18,19). The van der Waals surface area contributed by atoms with Crippen LogP contribution >= 0.6 is 0 Å². The Hall–Kier alpha value is -1.27. The number of rotatable bonds is 5. The maximum Gasteiger partial charge on any atom is 0.391 e. The average Bonchev–Trinajstić information content (AvgIpc) is 2.27. The number of amides is 1. The quantitative estimate of drug-likeness (QED) is 0.813. The Morgan fingerprint density at radius 1 is 1.21 bits per heavy atom. The molecule has 2 N–H and O–H groups in total. The Bertz CT molecular complexity index is 331. The lowest BCUT2D eigenvalue weighted by atomic mass is 9.85. The van der Waals surface area contributed by atoms with Crippen LogP contribution in [0.1, 0.15) is 44.9 Å². The van der Waals surface area contributed by atoms with Crippen LogP contribution in [0.15, 0.2) is 0 Å². The van der Waals surface area contributed by atoms with Crippen molar-refractivity contribution in [2.45, 2.75) is 57.2 Å². The summed E-state index contributed by atoms with van der Waals surface area (Å²) < 4.78 is 37.7. The smallest absolute Gasteiger partial charge is 0.391 e. The molecule has 2 atom stereocenters. The van der Waals surface area contributed by atoms with Crippen LogP contribution in [0.3, 0.4) is 0 Å². The Labute approximate surface area is 109 Å². The molecule has 1 aliphatic carbocycles. The largest absolute Gasteiger partial charge is 0.481 e. The first-order valence-corrected chi connectivity index (χ1v) is 6.37. The van der Waals surface area contributed by atoms with E-state index in [-0.39, 0.29) is 38.0 Å². The summed E-state index contributed by atoms with van der Waals surface area (Å²) in [6.45, 7) is 0. The van der Waals surface area contributed by atoms with E-state index in [9.17, 15) is 22.8 Å². The van der Waals surface area contributed by atoms with Crippen molar-refractivity contribution in [3.63, 3.8) is 0 Å². The topological polar surface area (TPSA) is 66.4 Å². The number of nitrogens with one attached hydrogen (secondary N) is 1. The first kappa shape index (κ1) is 15.8. The molecule has 0 aromatic heterocycles. The molecule has 0 saturated heterocycles. The highest BCUT2D eigenvalue weighted by Crippen LogP contribution is 2.37. The van der Waals surface area contributed by atoms with E-state index in [1.54, 1.807) is 0 Å². The monoisotopic (exact) mass is 281 g/mol. The van der Waals surface area contributed by atoms with Crippen LogP contribution in [0.4, 0.5) is 13.2 Å². The predicted molar refractivity (Wildman–Crippen MR) is 61.4 cm³/mol. The predicted octanol–water partition coefficient (Wildman–Crippen LogP) is 2.48. The first-order chi connectivity index (χ1) is 8.79. The van der Waals surface area contributed by atoms with E-state index < -0.39 is 24.1 Å². The zero-order valence-electron chi connectivity index (χ0n) is 10.5. The molecule has 19 heavy (non-hydrogen) atoms. The second kappa shape index (κ2) is 6.77. The molecule has 1 amide bonds. The van der Waals surface area contributed by atoms with Crippen LogP contribution in [-0.2, 0) is 9.59 Å². The van der Waals surface area contributed by atoms with Gasteiger partial charge < -0.3 is 10.4 Å². The van der Waals surface area contributed by atoms with E-state index in [4.69, 9.17) is 5.11 Å². The van der Waals surface area contributed by atoms with Gasteiger partial charge in [0.2, 0.25) is 5.91 Å². The molecule has 2 unspecified atom stereocenters. The van der Waals surface area contributed by atoms with Crippen molar-refractivity contribution >= 4 is 11.9 Å². The number of hydrogen-bond acceptors (Lipinski definition) is 2. The van der Waals surface area contributed by atoms with Gasteiger partial charge in [-0.15, -0.1) is 0 Å². The molecule has 1 rings (SSSR count). The highest BCUT2D eigenvalue weighted by atomic mass is 19.4. The highest BCUT2D eigenvalue weighted by molar-refractivity contribution is 5.77. The van der Waals surface area contributed by atoms with Gasteiger partial charge in [0.05, 0.1) is 5.92 Å². The number of alkyl halides is 3. The minimum Gasteiger partial charge on any atom is -0.481 e. The fraction of sp³-hybridized carbons (Fsp3) is 0.833. The van der Waals surface area contributed by atoms with Crippen molar-refractivity contribution in [1.82, 2.24) is 5.32 Å². The van der Waals surface area contributed by atoms with E-state index >= 15 is 0 Å². The number of carbonyl (C=O) groups is 2.